The van der Waals surface area contributed by atoms with Crippen LogP contribution in [0.15, 0.2) is 41.9 Å². The number of aromatic nitrogens is 3. The topological polar surface area (TPSA) is 148 Å². The second-order valence-electron chi connectivity index (χ2n) is 15.8. The van der Waals surface area contributed by atoms with E-state index in [0.29, 0.717) is 51.5 Å². The number of nitrogens with one attached hydrogen (secondary N) is 2. The lowest BCUT2D eigenvalue weighted by atomic mass is 9.84. The number of fused-ring (bicyclic) bond motifs is 6. The van der Waals surface area contributed by atoms with Gasteiger partial charge < -0.3 is 24.5 Å². The van der Waals surface area contributed by atoms with Gasteiger partial charge in [0.05, 0.1) is 40.9 Å². The zero-order chi connectivity index (χ0) is 38.1. The molecule has 0 radical (unpaired) electrons. The normalized spacial score (nSPS) is 24.1. The third-order valence-corrected chi connectivity index (χ3v) is 12.1. The Balaban J connectivity index is 1.33. The number of cyclic esters (lactones) is 1. The van der Waals surface area contributed by atoms with Crippen LogP contribution in [0.5, 0.6) is 0 Å². The molecule has 3 atom stereocenters. The van der Waals surface area contributed by atoms with Gasteiger partial charge >= 0.3 is 5.97 Å². The molecule has 3 aromatic heterocycles. The van der Waals surface area contributed by atoms with E-state index < -0.39 is 29.6 Å². The average molecular weight is 757 g/mol. The van der Waals surface area contributed by atoms with Crippen molar-refractivity contribution in [3.63, 3.8) is 0 Å². The molecule has 54 heavy (non-hydrogen) atoms. The van der Waals surface area contributed by atoms with Crippen LogP contribution < -0.4 is 10.7 Å². The van der Waals surface area contributed by atoms with Gasteiger partial charge in [0, 0.05) is 71.6 Å². The number of carbonyl (C=O) groups is 3. The highest BCUT2D eigenvalue weighted by atomic mass is 32.1. The number of aryl methyl sites for hydroxylation is 1. The maximum absolute atomic E-state index is 14.2. The summed E-state index contributed by atoms with van der Waals surface area (Å²) < 4.78 is 14.2. The highest BCUT2D eigenvalue weighted by Crippen LogP contribution is 2.42. The number of amides is 2. The Morgan fingerprint density at radius 3 is 2.74 bits per heavy atom. The van der Waals surface area contributed by atoms with Crippen molar-refractivity contribution in [3.8, 4) is 22.5 Å². The molecule has 2 aliphatic heterocycles. The monoisotopic (exact) mass is 756 g/mol. The smallest absolute Gasteiger partial charge is 0.324 e. The second-order valence-corrected chi connectivity index (χ2v) is 16.7. The van der Waals surface area contributed by atoms with Crippen molar-refractivity contribution in [2.75, 3.05) is 20.3 Å². The van der Waals surface area contributed by atoms with Crippen LogP contribution in [0.3, 0.4) is 0 Å². The number of aliphatic hydroxyl groups excluding tert-OH is 1. The molecule has 1 aliphatic carbocycles. The van der Waals surface area contributed by atoms with Crippen molar-refractivity contribution in [1.29, 1.82) is 0 Å². The number of ether oxygens (including phenoxy) is 2. The van der Waals surface area contributed by atoms with Crippen molar-refractivity contribution < 1.29 is 29.0 Å². The Bertz CT molecular complexity index is 2020. The minimum Gasteiger partial charge on any atom is -0.464 e. The number of thiazole rings is 1. The summed E-state index contributed by atoms with van der Waals surface area (Å²) in [5.41, 5.74) is 9.57. The van der Waals surface area contributed by atoms with Gasteiger partial charge in [-0.15, -0.1) is 11.3 Å². The van der Waals surface area contributed by atoms with Crippen molar-refractivity contribution in [3.05, 3.63) is 58.2 Å². The van der Waals surface area contributed by atoms with Crippen LogP contribution in [0.4, 0.5) is 0 Å². The highest BCUT2D eigenvalue weighted by molar-refractivity contribution is 7.10. The van der Waals surface area contributed by atoms with Gasteiger partial charge in [0.15, 0.2) is 0 Å². The first-order valence-corrected chi connectivity index (χ1v) is 20.1. The van der Waals surface area contributed by atoms with Gasteiger partial charge in [0.25, 0.3) is 5.91 Å². The van der Waals surface area contributed by atoms with E-state index in [1.807, 2.05) is 18.4 Å². The van der Waals surface area contributed by atoms with E-state index in [0.717, 1.165) is 56.2 Å². The Kier molecular flexibility index (Phi) is 11.2. The molecule has 3 N–H and O–H groups in total. The molecule has 13 heteroatoms. The first kappa shape index (κ1) is 38.1. The maximum Gasteiger partial charge on any atom is 0.324 e. The highest BCUT2D eigenvalue weighted by Gasteiger charge is 2.37. The number of pyridine rings is 1. The van der Waals surface area contributed by atoms with E-state index in [1.54, 1.807) is 13.3 Å². The fraction of sp³-hybridized carbons (Fsp3) is 0.537. The van der Waals surface area contributed by atoms with Gasteiger partial charge in [-0.25, -0.2) is 10.4 Å². The van der Waals surface area contributed by atoms with Crippen LogP contribution in [-0.4, -0.2) is 80.9 Å². The molecule has 1 saturated heterocycles. The molecule has 1 aromatic carbocycles. The number of aliphatic hydroxyl groups is 1. The van der Waals surface area contributed by atoms with Crippen LogP contribution in [-0.2, 0) is 43.2 Å². The molecule has 6 bridgehead atoms. The lowest BCUT2D eigenvalue weighted by molar-refractivity contribution is -0.155. The van der Waals surface area contributed by atoms with Crippen molar-refractivity contribution in [1.82, 2.24) is 30.3 Å². The van der Waals surface area contributed by atoms with Crippen LogP contribution in [0.25, 0.3) is 33.4 Å². The lowest BCUT2D eigenvalue weighted by Gasteiger charge is -2.36. The predicted octanol–water partition coefficient (Wildman–Crippen LogP) is 5.75. The number of benzene rings is 1. The van der Waals surface area contributed by atoms with Crippen molar-refractivity contribution >= 4 is 40.0 Å². The predicted molar refractivity (Wildman–Crippen MR) is 207 cm³/mol. The van der Waals surface area contributed by atoms with Crippen LogP contribution in [0.1, 0.15) is 88.6 Å². The molecule has 7 rings (SSSR count). The lowest BCUT2D eigenvalue weighted by Crippen LogP contribution is -2.60. The van der Waals surface area contributed by atoms with Crippen molar-refractivity contribution in [2.45, 2.75) is 110 Å². The molecule has 288 valence electrons. The Morgan fingerprint density at radius 1 is 1.19 bits per heavy atom. The first-order valence-electron chi connectivity index (χ1n) is 19.3. The summed E-state index contributed by atoms with van der Waals surface area (Å²) in [6.07, 6.45) is 5.40. The number of hydrazine groups is 1. The third kappa shape index (κ3) is 7.82. The van der Waals surface area contributed by atoms with Gasteiger partial charge in [-0.2, -0.15) is 0 Å². The molecule has 0 unspecified atom stereocenters. The minimum atomic E-state index is -0.887. The fourth-order valence-corrected chi connectivity index (χ4v) is 9.04. The van der Waals surface area contributed by atoms with Gasteiger partial charge in [-0.1, -0.05) is 19.9 Å². The molecule has 1 saturated carbocycles. The second kappa shape index (κ2) is 15.9. The molecule has 2 fully saturated rings. The number of nitrogens with zero attached hydrogens (tertiary/aromatic N) is 4. The summed E-state index contributed by atoms with van der Waals surface area (Å²) in [6, 6.07) is 8.92. The number of hydrogen-bond acceptors (Lipinski definition) is 10. The molecule has 12 nitrogen and oxygen atoms in total. The van der Waals surface area contributed by atoms with E-state index in [1.165, 1.54) is 16.3 Å². The van der Waals surface area contributed by atoms with Gasteiger partial charge in [-0.05, 0) is 88.6 Å². The maximum atomic E-state index is 14.2. The SMILES string of the molecule is CCn1c(-c2cccnc2[C@H](C)OC)c2c3cc(ccc31)-c1csc(n1)C[C@H](NC(=O)C1CCC(O)CC1)C(=O)N1CCC[C@H](N1)C(=O)OCC(C)(C)C2. The number of esters is 1. The summed E-state index contributed by atoms with van der Waals surface area (Å²) >= 11 is 1.46. The largest absolute Gasteiger partial charge is 0.464 e. The van der Waals surface area contributed by atoms with Crippen LogP contribution >= 0.6 is 11.3 Å². The van der Waals surface area contributed by atoms with Gasteiger partial charge in [0.1, 0.15) is 12.1 Å². The van der Waals surface area contributed by atoms with Gasteiger partial charge in [0.2, 0.25) is 5.91 Å². The third-order valence-electron chi connectivity index (χ3n) is 11.2. The van der Waals surface area contributed by atoms with Gasteiger partial charge in [-0.3, -0.25) is 24.4 Å². The summed E-state index contributed by atoms with van der Waals surface area (Å²) in [7, 11) is 1.69. The summed E-state index contributed by atoms with van der Waals surface area (Å²) in [6.45, 7) is 9.67. The standard InChI is InChI=1S/C41H52N6O6S/c1-6-46-34-16-13-26-19-29(34)30(37(46)28-9-7-17-42-36(28)24(2)52-5)21-41(3,4)23-53-40(51)31-10-8-18-47(45-31)39(50)32(20-35-43-33(26)22-54-35)44-38(49)25-11-14-27(48)15-12-25/h7,9,13,16-17,19,22,24-25,27,31-32,45,48H,6,8,10-12,14-15,18,20-21,23H2,1-5H3,(H,44,49)/t24-,25?,27?,31-,32-/m0/s1. The summed E-state index contributed by atoms with van der Waals surface area (Å²) in [5.74, 6) is -1.19. The summed E-state index contributed by atoms with van der Waals surface area (Å²) in [5, 5.41) is 18.4. The van der Waals surface area contributed by atoms with Crippen LogP contribution in [0, 0.1) is 11.3 Å². The van der Waals surface area contributed by atoms with E-state index in [9.17, 15) is 19.5 Å². The fourth-order valence-electron chi connectivity index (χ4n) is 8.19. The number of hydrogen-bond donors (Lipinski definition) is 3. The molecular formula is C41H52N6O6S. The zero-order valence-electron chi connectivity index (χ0n) is 31.9. The minimum absolute atomic E-state index is 0.175. The molecule has 4 aromatic rings. The Hall–Kier alpha value is -4.17. The van der Waals surface area contributed by atoms with E-state index >= 15 is 0 Å². The van der Waals surface area contributed by atoms with E-state index in [-0.39, 0.29) is 36.9 Å². The van der Waals surface area contributed by atoms with E-state index in [2.05, 4.69) is 60.3 Å². The zero-order valence-corrected chi connectivity index (χ0v) is 32.7. The number of rotatable bonds is 6. The Labute approximate surface area is 320 Å². The quantitative estimate of drug-likeness (QED) is 0.209. The Morgan fingerprint density at radius 2 is 1.98 bits per heavy atom. The molecular weight excluding hydrogens is 705 g/mol. The molecule has 2 amide bonds. The molecule has 3 aliphatic rings. The molecule has 0 spiro atoms. The van der Waals surface area contributed by atoms with E-state index in [4.69, 9.17) is 19.4 Å². The van der Waals surface area contributed by atoms with Crippen molar-refractivity contribution in [2.24, 2.45) is 11.3 Å². The summed E-state index contributed by atoms with van der Waals surface area (Å²) in [4.78, 5) is 51.2. The first-order chi connectivity index (χ1) is 26.0. The molecule has 5 heterocycles. The average Bonchev–Trinajstić information content (AvgIpc) is 3.77. The number of methoxy groups -OCH3 is 1. The van der Waals surface area contributed by atoms with Crippen LogP contribution in [0.2, 0.25) is 0 Å². The number of carbonyl (C=O) groups excluding carboxylic acids is 3.